The van der Waals surface area contributed by atoms with Crippen LogP contribution >= 0.6 is 0 Å². The summed E-state index contributed by atoms with van der Waals surface area (Å²) in [5.74, 6) is -1.03. The smallest absolute Gasteiger partial charge is 0.407 e. The van der Waals surface area contributed by atoms with E-state index in [2.05, 4.69) is 4.98 Å². The number of hydrogen-bond acceptors (Lipinski definition) is 3. The highest BCUT2D eigenvalue weighted by Gasteiger charge is 2.20. The maximum absolute atomic E-state index is 11.1. The molecule has 6 heteroatoms. The first-order chi connectivity index (χ1) is 8.59. The molecule has 2 N–H and O–H groups in total. The molecule has 0 saturated heterocycles. The SMILES string of the molecule is O=C(O)c1cccnc1C1=CCN(C(=O)O)CC1. The van der Waals surface area contributed by atoms with Crippen LogP contribution in [0.2, 0.25) is 0 Å². The molecule has 1 aromatic heterocycles. The first kappa shape index (κ1) is 12.1. The highest BCUT2D eigenvalue weighted by atomic mass is 16.4. The largest absolute Gasteiger partial charge is 0.478 e. The van der Waals surface area contributed by atoms with Gasteiger partial charge in [0.15, 0.2) is 0 Å². The van der Waals surface area contributed by atoms with Gasteiger partial charge < -0.3 is 15.1 Å². The van der Waals surface area contributed by atoms with Crippen molar-refractivity contribution < 1.29 is 19.8 Å². The van der Waals surface area contributed by atoms with Crippen LogP contribution in [0.1, 0.15) is 22.5 Å². The molecule has 0 radical (unpaired) electrons. The monoisotopic (exact) mass is 248 g/mol. The number of pyridine rings is 1. The third-order valence-electron chi connectivity index (χ3n) is 2.82. The van der Waals surface area contributed by atoms with Crippen molar-refractivity contribution in [1.82, 2.24) is 9.88 Å². The molecule has 2 rings (SSSR count). The van der Waals surface area contributed by atoms with Gasteiger partial charge in [-0.1, -0.05) is 6.08 Å². The minimum atomic E-state index is -1.03. The van der Waals surface area contributed by atoms with E-state index < -0.39 is 12.1 Å². The number of amides is 1. The van der Waals surface area contributed by atoms with Gasteiger partial charge in [0.25, 0.3) is 0 Å². The molecular formula is C12H12N2O4. The van der Waals surface area contributed by atoms with Crippen molar-refractivity contribution in [3.8, 4) is 0 Å². The van der Waals surface area contributed by atoms with Crippen LogP contribution < -0.4 is 0 Å². The molecular weight excluding hydrogens is 236 g/mol. The van der Waals surface area contributed by atoms with Crippen molar-refractivity contribution in [1.29, 1.82) is 0 Å². The molecule has 0 spiro atoms. The summed E-state index contributed by atoms with van der Waals surface area (Å²) in [5.41, 5.74) is 1.35. The molecule has 0 aliphatic carbocycles. The van der Waals surface area contributed by atoms with Crippen molar-refractivity contribution in [2.75, 3.05) is 13.1 Å². The van der Waals surface area contributed by atoms with Crippen LogP contribution in [0.5, 0.6) is 0 Å². The van der Waals surface area contributed by atoms with Gasteiger partial charge in [0, 0.05) is 19.3 Å². The van der Waals surface area contributed by atoms with Crippen molar-refractivity contribution in [3.05, 3.63) is 35.7 Å². The average Bonchev–Trinajstić information content (AvgIpc) is 2.39. The van der Waals surface area contributed by atoms with E-state index in [1.54, 1.807) is 12.1 Å². The van der Waals surface area contributed by atoms with E-state index in [1.165, 1.54) is 17.2 Å². The van der Waals surface area contributed by atoms with Crippen LogP contribution in [-0.2, 0) is 0 Å². The molecule has 0 fully saturated rings. The molecule has 0 bridgehead atoms. The number of carbonyl (C=O) groups is 2. The summed E-state index contributed by atoms with van der Waals surface area (Å²) in [7, 11) is 0. The van der Waals surface area contributed by atoms with Crippen molar-refractivity contribution >= 4 is 17.6 Å². The standard InChI is InChI=1S/C12H12N2O4/c15-11(16)9-2-1-5-13-10(9)8-3-6-14(7-4-8)12(17)18/h1-3,5H,4,6-7H2,(H,15,16)(H,17,18). The summed E-state index contributed by atoms with van der Waals surface area (Å²) in [6.07, 6.45) is 2.76. The van der Waals surface area contributed by atoms with E-state index in [0.717, 1.165) is 5.57 Å². The number of aromatic nitrogens is 1. The number of nitrogens with zero attached hydrogens (tertiary/aromatic N) is 2. The predicted molar refractivity (Wildman–Crippen MR) is 63.4 cm³/mol. The predicted octanol–water partition coefficient (Wildman–Crippen LogP) is 1.55. The van der Waals surface area contributed by atoms with Crippen LogP contribution in [0.25, 0.3) is 5.57 Å². The Bertz CT molecular complexity index is 525. The number of carboxylic acids is 1. The second-order valence-corrected chi connectivity index (χ2v) is 3.91. The Kier molecular flexibility index (Phi) is 3.27. The minimum Gasteiger partial charge on any atom is -0.478 e. The molecule has 0 atom stereocenters. The maximum Gasteiger partial charge on any atom is 0.407 e. The lowest BCUT2D eigenvalue weighted by molar-refractivity contribution is 0.0695. The summed E-state index contributed by atoms with van der Waals surface area (Å²) in [6, 6.07) is 3.06. The van der Waals surface area contributed by atoms with E-state index in [9.17, 15) is 9.59 Å². The Hall–Kier alpha value is -2.37. The number of hydrogen-bond donors (Lipinski definition) is 2. The molecule has 2 heterocycles. The van der Waals surface area contributed by atoms with Crippen LogP contribution in [0.15, 0.2) is 24.4 Å². The number of aromatic carboxylic acids is 1. The lowest BCUT2D eigenvalue weighted by Gasteiger charge is -2.23. The third kappa shape index (κ3) is 2.32. The molecule has 0 unspecified atom stereocenters. The molecule has 1 aliphatic heterocycles. The van der Waals surface area contributed by atoms with E-state index in [4.69, 9.17) is 10.2 Å². The first-order valence-corrected chi connectivity index (χ1v) is 5.45. The van der Waals surface area contributed by atoms with Crippen LogP contribution in [0, 0.1) is 0 Å². The van der Waals surface area contributed by atoms with Gasteiger partial charge in [-0.25, -0.2) is 9.59 Å². The van der Waals surface area contributed by atoms with Crippen molar-refractivity contribution in [2.24, 2.45) is 0 Å². The van der Waals surface area contributed by atoms with Crippen molar-refractivity contribution in [3.63, 3.8) is 0 Å². The lowest BCUT2D eigenvalue weighted by Crippen LogP contribution is -2.33. The quantitative estimate of drug-likeness (QED) is 0.828. The van der Waals surface area contributed by atoms with Gasteiger partial charge in [0.1, 0.15) is 0 Å². The molecule has 1 amide bonds. The fourth-order valence-corrected chi connectivity index (χ4v) is 1.89. The summed E-state index contributed by atoms with van der Waals surface area (Å²) in [4.78, 5) is 27.2. The summed E-state index contributed by atoms with van der Waals surface area (Å²) < 4.78 is 0. The molecule has 94 valence electrons. The Morgan fingerprint density at radius 3 is 2.67 bits per heavy atom. The Morgan fingerprint density at radius 2 is 2.11 bits per heavy atom. The second kappa shape index (κ2) is 4.87. The zero-order valence-corrected chi connectivity index (χ0v) is 9.54. The summed E-state index contributed by atoms with van der Waals surface area (Å²) >= 11 is 0. The molecule has 0 saturated carbocycles. The highest BCUT2D eigenvalue weighted by Crippen LogP contribution is 2.23. The van der Waals surface area contributed by atoms with Crippen LogP contribution in [-0.4, -0.2) is 45.2 Å². The maximum atomic E-state index is 11.1. The Morgan fingerprint density at radius 1 is 1.33 bits per heavy atom. The third-order valence-corrected chi connectivity index (χ3v) is 2.82. The number of carboxylic acid groups (broad SMARTS) is 2. The average molecular weight is 248 g/mol. The molecule has 18 heavy (non-hydrogen) atoms. The van der Waals surface area contributed by atoms with Gasteiger partial charge >= 0.3 is 12.1 Å². The zero-order chi connectivity index (χ0) is 13.1. The van der Waals surface area contributed by atoms with Gasteiger partial charge in [0.2, 0.25) is 0 Å². The van der Waals surface area contributed by atoms with Gasteiger partial charge in [-0.2, -0.15) is 0 Å². The lowest BCUT2D eigenvalue weighted by atomic mass is 10.0. The van der Waals surface area contributed by atoms with E-state index in [1.807, 2.05) is 0 Å². The van der Waals surface area contributed by atoms with E-state index in [0.29, 0.717) is 18.7 Å². The highest BCUT2D eigenvalue weighted by molar-refractivity contribution is 5.93. The second-order valence-electron chi connectivity index (χ2n) is 3.91. The van der Waals surface area contributed by atoms with Gasteiger partial charge in [-0.3, -0.25) is 4.98 Å². The molecule has 1 aromatic rings. The number of rotatable bonds is 2. The Balaban J connectivity index is 2.29. The normalized spacial score (nSPS) is 15.1. The van der Waals surface area contributed by atoms with E-state index in [-0.39, 0.29) is 12.1 Å². The fourth-order valence-electron chi connectivity index (χ4n) is 1.89. The first-order valence-electron chi connectivity index (χ1n) is 5.45. The van der Waals surface area contributed by atoms with Gasteiger partial charge in [0.05, 0.1) is 11.3 Å². The van der Waals surface area contributed by atoms with Crippen LogP contribution in [0.4, 0.5) is 4.79 Å². The Labute approximate surface area is 103 Å². The summed E-state index contributed by atoms with van der Waals surface area (Å²) in [6.45, 7) is 0.622. The topological polar surface area (TPSA) is 90.7 Å². The van der Waals surface area contributed by atoms with Crippen LogP contribution in [0.3, 0.4) is 0 Å². The molecule has 6 nitrogen and oxygen atoms in total. The van der Waals surface area contributed by atoms with Gasteiger partial charge in [-0.15, -0.1) is 0 Å². The molecule has 1 aliphatic rings. The van der Waals surface area contributed by atoms with E-state index >= 15 is 0 Å². The zero-order valence-electron chi connectivity index (χ0n) is 9.54. The summed E-state index contributed by atoms with van der Waals surface area (Å²) in [5, 5.41) is 17.9. The van der Waals surface area contributed by atoms with Crippen molar-refractivity contribution in [2.45, 2.75) is 6.42 Å². The van der Waals surface area contributed by atoms with Gasteiger partial charge in [-0.05, 0) is 24.1 Å². The molecule has 0 aromatic carbocycles. The fraction of sp³-hybridized carbons (Fsp3) is 0.250. The minimum absolute atomic E-state index is 0.146.